The second kappa shape index (κ2) is 3.97. The maximum atomic E-state index is 12.1. The third kappa shape index (κ3) is 2.05. The van der Waals surface area contributed by atoms with Crippen LogP contribution in [0, 0.1) is 0 Å². The molecule has 2 aromatic heterocycles. The molecule has 104 valence electrons. The highest BCUT2D eigenvalue weighted by molar-refractivity contribution is 5.71. The van der Waals surface area contributed by atoms with E-state index in [9.17, 15) is 9.59 Å². The quantitative estimate of drug-likeness (QED) is 0.736. The van der Waals surface area contributed by atoms with Gasteiger partial charge in [-0.3, -0.25) is 18.5 Å². The van der Waals surface area contributed by atoms with Gasteiger partial charge in [0.05, 0.1) is 0 Å². The van der Waals surface area contributed by atoms with Crippen molar-refractivity contribution < 1.29 is 4.74 Å². The summed E-state index contributed by atoms with van der Waals surface area (Å²) in [6, 6.07) is 0.320. The number of imidazole rings is 1. The molecule has 0 aliphatic heterocycles. The van der Waals surface area contributed by atoms with Crippen LogP contribution in [-0.4, -0.2) is 24.3 Å². The number of hydrogen-bond acceptors (Lipinski definition) is 4. The van der Waals surface area contributed by atoms with Crippen molar-refractivity contribution in [1.82, 2.24) is 18.7 Å². The van der Waals surface area contributed by atoms with Crippen LogP contribution in [0.25, 0.3) is 11.2 Å². The lowest BCUT2D eigenvalue weighted by atomic mass is 10.2. The summed E-state index contributed by atoms with van der Waals surface area (Å²) in [6.45, 7) is 5.68. The Bertz CT molecular complexity index is 758. The van der Waals surface area contributed by atoms with E-state index in [1.54, 1.807) is 18.7 Å². The van der Waals surface area contributed by atoms with Gasteiger partial charge in [-0.15, -0.1) is 0 Å². The minimum absolute atomic E-state index is 0.320. The molecule has 0 bridgehead atoms. The van der Waals surface area contributed by atoms with Crippen molar-refractivity contribution in [3.05, 3.63) is 20.8 Å². The van der Waals surface area contributed by atoms with Gasteiger partial charge in [-0.1, -0.05) is 0 Å². The Kier molecular flexibility index (Phi) is 2.80. The van der Waals surface area contributed by atoms with E-state index in [1.165, 1.54) is 11.6 Å². The van der Waals surface area contributed by atoms with Crippen molar-refractivity contribution in [2.45, 2.75) is 26.4 Å². The van der Waals surface area contributed by atoms with E-state index in [0.29, 0.717) is 17.2 Å². The molecule has 7 heteroatoms. The summed E-state index contributed by atoms with van der Waals surface area (Å²) in [5.41, 5.74) is -0.535. The van der Waals surface area contributed by atoms with Gasteiger partial charge < -0.3 is 4.74 Å². The van der Waals surface area contributed by atoms with Gasteiger partial charge in [-0.05, 0) is 20.8 Å². The van der Waals surface area contributed by atoms with Gasteiger partial charge in [0.15, 0.2) is 11.2 Å². The number of aryl methyl sites for hydroxylation is 2. The highest BCUT2D eigenvalue weighted by atomic mass is 16.5. The van der Waals surface area contributed by atoms with Crippen LogP contribution in [0.3, 0.4) is 0 Å². The number of aromatic nitrogens is 4. The highest BCUT2D eigenvalue weighted by Crippen LogP contribution is 2.19. The first-order chi connectivity index (χ1) is 8.63. The standard InChI is InChI=1S/C12H18N4O3/c1-12(2,3)19-10-13-8-7(14(10)4)9(17)16(6)11(18)15(8)5/h1-6H3. The molecule has 2 aromatic rings. The first kappa shape index (κ1) is 13.4. The second-order valence-corrected chi connectivity index (χ2v) is 5.55. The van der Waals surface area contributed by atoms with E-state index in [-0.39, 0.29) is 5.56 Å². The maximum Gasteiger partial charge on any atom is 0.332 e. The van der Waals surface area contributed by atoms with Crippen LogP contribution in [0.1, 0.15) is 20.8 Å². The Morgan fingerprint density at radius 1 is 1.00 bits per heavy atom. The number of ether oxygens (including phenoxy) is 1. The topological polar surface area (TPSA) is 71.1 Å². The molecule has 7 nitrogen and oxygen atoms in total. The Balaban J connectivity index is 2.85. The first-order valence-electron chi connectivity index (χ1n) is 5.95. The lowest BCUT2D eigenvalue weighted by Gasteiger charge is -2.19. The summed E-state index contributed by atoms with van der Waals surface area (Å²) >= 11 is 0. The van der Waals surface area contributed by atoms with E-state index >= 15 is 0 Å². The van der Waals surface area contributed by atoms with Crippen LogP contribution in [-0.2, 0) is 21.1 Å². The molecule has 2 rings (SSSR count). The lowest BCUT2D eigenvalue weighted by molar-refractivity contribution is 0.113. The first-order valence-corrected chi connectivity index (χ1v) is 5.95. The Labute approximate surface area is 110 Å². The van der Waals surface area contributed by atoms with Crippen molar-refractivity contribution >= 4 is 11.2 Å². The van der Waals surface area contributed by atoms with E-state index in [1.807, 2.05) is 20.8 Å². The van der Waals surface area contributed by atoms with E-state index in [2.05, 4.69) is 4.98 Å². The van der Waals surface area contributed by atoms with Crippen molar-refractivity contribution in [1.29, 1.82) is 0 Å². The zero-order valence-corrected chi connectivity index (χ0v) is 12.0. The monoisotopic (exact) mass is 266 g/mol. The molecule has 0 saturated carbocycles. The van der Waals surface area contributed by atoms with Crippen molar-refractivity contribution in [2.75, 3.05) is 0 Å². The second-order valence-electron chi connectivity index (χ2n) is 5.55. The molecule has 0 aromatic carbocycles. The third-order valence-electron chi connectivity index (χ3n) is 2.83. The summed E-state index contributed by atoms with van der Waals surface area (Å²) in [5, 5.41) is 0. The number of hydrogen-bond donors (Lipinski definition) is 0. The Morgan fingerprint density at radius 3 is 2.11 bits per heavy atom. The molecule has 0 aliphatic rings. The largest absolute Gasteiger partial charge is 0.459 e. The molecule has 2 heterocycles. The van der Waals surface area contributed by atoms with Crippen molar-refractivity contribution in [3.63, 3.8) is 0 Å². The van der Waals surface area contributed by atoms with Crippen LogP contribution in [0.5, 0.6) is 6.01 Å². The Morgan fingerprint density at radius 2 is 1.58 bits per heavy atom. The zero-order valence-electron chi connectivity index (χ0n) is 12.0. The molecule has 0 N–H and O–H groups in total. The molecule has 0 atom stereocenters. The predicted octanol–water partition coefficient (Wildman–Crippen LogP) is 0.148. The average molecular weight is 266 g/mol. The molecule has 0 aliphatic carbocycles. The molecule has 0 saturated heterocycles. The van der Waals surface area contributed by atoms with Crippen LogP contribution in [0.15, 0.2) is 9.59 Å². The summed E-state index contributed by atoms with van der Waals surface area (Å²) in [5.74, 6) is 0. The molecule has 0 unspecified atom stereocenters. The van der Waals surface area contributed by atoms with Crippen molar-refractivity contribution in [2.24, 2.45) is 21.1 Å². The lowest BCUT2D eigenvalue weighted by Crippen LogP contribution is -2.37. The summed E-state index contributed by atoms with van der Waals surface area (Å²) in [7, 11) is 4.72. The van der Waals surface area contributed by atoms with Gasteiger partial charge in [-0.2, -0.15) is 4.98 Å². The number of rotatable bonds is 1. The normalized spacial score (nSPS) is 12.1. The van der Waals surface area contributed by atoms with Crippen LogP contribution in [0.2, 0.25) is 0 Å². The van der Waals surface area contributed by atoms with Gasteiger partial charge in [0.1, 0.15) is 5.60 Å². The SMILES string of the molecule is Cn1c(=O)c2c(nc(OC(C)(C)C)n2C)n(C)c1=O. The van der Waals surface area contributed by atoms with Crippen LogP contribution in [0.4, 0.5) is 0 Å². The van der Waals surface area contributed by atoms with Gasteiger partial charge >= 0.3 is 5.69 Å². The molecular weight excluding hydrogens is 248 g/mol. The fraction of sp³-hybridized carbons (Fsp3) is 0.583. The minimum Gasteiger partial charge on any atom is -0.459 e. The molecular formula is C12H18N4O3. The molecule has 0 fully saturated rings. The summed E-state index contributed by atoms with van der Waals surface area (Å²) < 4.78 is 9.67. The van der Waals surface area contributed by atoms with E-state index in [0.717, 1.165) is 4.57 Å². The van der Waals surface area contributed by atoms with Gasteiger partial charge in [0, 0.05) is 21.1 Å². The van der Waals surface area contributed by atoms with Gasteiger partial charge in [0.25, 0.3) is 11.6 Å². The van der Waals surface area contributed by atoms with E-state index in [4.69, 9.17) is 4.74 Å². The third-order valence-corrected chi connectivity index (χ3v) is 2.83. The fourth-order valence-electron chi connectivity index (χ4n) is 1.86. The fourth-order valence-corrected chi connectivity index (χ4v) is 1.86. The molecule has 0 radical (unpaired) electrons. The van der Waals surface area contributed by atoms with Crippen molar-refractivity contribution in [3.8, 4) is 6.01 Å². The highest BCUT2D eigenvalue weighted by Gasteiger charge is 2.21. The summed E-state index contributed by atoms with van der Waals surface area (Å²) in [6.07, 6.45) is 0. The predicted molar refractivity (Wildman–Crippen MR) is 71.6 cm³/mol. The van der Waals surface area contributed by atoms with Crippen LogP contribution >= 0.6 is 0 Å². The van der Waals surface area contributed by atoms with Gasteiger partial charge in [-0.25, -0.2) is 4.79 Å². The number of nitrogens with zero attached hydrogens (tertiary/aromatic N) is 4. The number of fused-ring (bicyclic) bond motifs is 1. The van der Waals surface area contributed by atoms with E-state index < -0.39 is 11.3 Å². The maximum absolute atomic E-state index is 12.1. The minimum atomic E-state index is -0.431. The Hall–Kier alpha value is -2.05. The summed E-state index contributed by atoms with van der Waals surface area (Å²) in [4.78, 5) is 28.2. The molecule has 19 heavy (non-hydrogen) atoms. The van der Waals surface area contributed by atoms with Gasteiger partial charge in [0.2, 0.25) is 0 Å². The molecule has 0 amide bonds. The smallest absolute Gasteiger partial charge is 0.332 e. The van der Waals surface area contributed by atoms with Crippen LogP contribution < -0.4 is 16.0 Å². The molecule has 0 spiro atoms. The average Bonchev–Trinajstić information content (AvgIpc) is 2.60. The zero-order chi connectivity index (χ0) is 14.5.